The van der Waals surface area contributed by atoms with Gasteiger partial charge in [-0.3, -0.25) is 4.79 Å². The molecule has 0 bridgehead atoms. The molecular weight excluding hydrogens is 158 g/mol. The Morgan fingerprint density at radius 3 is 2.83 bits per heavy atom. The molecule has 1 rings (SSSR count). The second-order valence-corrected chi connectivity index (χ2v) is 2.33. The Bertz CT molecular complexity index is 309. The maximum absolute atomic E-state index is 10.3. The van der Waals surface area contributed by atoms with Gasteiger partial charge in [0.1, 0.15) is 5.69 Å². The number of benzene rings is 1. The van der Waals surface area contributed by atoms with Gasteiger partial charge in [-0.1, -0.05) is 12.1 Å². The van der Waals surface area contributed by atoms with E-state index >= 15 is 0 Å². The number of nitroso groups, excluding NO2 is 1. The summed E-state index contributed by atoms with van der Waals surface area (Å²) in [6, 6.07) is 6.23. The molecule has 4 nitrogen and oxygen atoms in total. The van der Waals surface area contributed by atoms with E-state index < -0.39 is 5.97 Å². The third kappa shape index (κ3) is 2.16. The van der Waals surface area contributed by atoms with E-state index in [1.807, 2.05) is 0 Å². The Morgan fingerprint density at radius 2 is 2.25 bits per heavy atom. The fourth-order valence-corrected chi connectivity index (χ4v) is 0.898. The fraction of sp³-hybridized carbons (Fsp3) is 0.125. The largest absolute Gasteiger partial charge is 0.481 e. The van der Waals surface area contributed by atoms with E-state index in [-0.39, 0.29) is 12.1 Å². The van der Waals surface area contributed by atoms with Gasteiger partial charge in [-0.2, -0.15) is 0 Å². The predicted molar refractivity (Wildman–Crippen MR) is 43.2 cm³/mol. The molecule has 0 amide bonds. The fourth-order valence-electron chi connectivity index (χ4n) is 0.898. The Morgan fingerprint density at radius 1 is 1.50 bits per heavy atom. The van der Waals surface area contributed by atoms with Crippen molar-refractivity contribution < 1.29 is 9.90 Å². The molecule has 0 saturated carbocycles. The standard InChI is InChI=1S/C8H7NO3/c10-8(11)5-6-2-1-3-7(4-6)9-12/h1-4H,5H2,(H,10,11). The highest BCUT2D eigenvalue weighted by atomic mass is 16.4. The van der Waals surface area contributed by atoms with E-state index in [1.165, 1.54) is 12.1 Å². The minimum absolute atomic E-state index is 0.0800. The molecular formula is C8H7NO3. The van der Waals surface area contributed by atoms with Gasteiger partial charge in [0, 0.05) is 0 Å². The first-order valence-corrected chi connectivity index (χ1v) is 3.36. The Hall–Kier alpha value is -1.71. The van der Waals surface area contributed by atoms with Crippen LogP contribution in [0.5, 0.6) is 0 Å². The average molecular weight is 165 g/mol. The number of rotatable bonds is 3. The zero-order valence-corrected chi connectivity index (χ0v) is 6.23. The van der Waals surface area contributed by atoms with Crippen molar-refractivity contribution >= 4 is 11.7 Å². The molecule has 0 atom stereocenters. The molecule has 1 aromatic carbocycles. The number of carboxylic acids is 1. The first-order valence-electron chi connectivity index (χ1n) is 3.36. The number of aliphatic carboxylic acids is 1. The van der Waals surface area contributed by atoms with Crippen LogP contribution in [0.4, 0.5) is 5.69 Å². The summed E-state index contributed by atoms with van der Waals surface area (Å²) >= 11 is 0. The van der Waals surface area contributed by atoms with Gasteiger partial charge >= 0.3 is 5.97 Å². The van der Waals surface area contributed by atoms with Gasteiger partial charge in [-0.05, 0) is 22.9 Å². The number of hydrogen-bond donors (Lipinski definition) is 1. The van der Waals surface area contributed by atoms with E-state index in [4.69, 9.17) is 5.11 Å². The number of hydrogen-bond acceptors (Lipinski definition) is 3. The molecule has 0 radical (unpaired) electrons. The molecule has 0 spiro atoms. The van der Waals surface area contributed by atoms with Crippen molar-refractivity contribution in [2.45, 2.75) is 6.42 Å². The third-order valence-corrected chi connectivity index (χ3v) is 1.37. The van der Waals surface area contributed by atoms with Crippen LogP contribution in [0, 0.1) is 4.91 Å². The number of carbonyl (C=O) groups is 1. The molecule has 0 heterocycles. The lowest BCUT2D eigenvalue weighted by atomic mass is 10.1. The number of carboxylic acid groups (broad SMARTS) is 1. The molecule has 62 valence electrons. The van der Waals surface area contributed by atoms with Crippen molar-refractivity contribution in [3.63, 3.8) is 0 Å². The van der Waals surface area contributed by atoms with Gasteiger partial charge in [0.2, 0.25) is 0 Å². The highest BCUT2D eigenvalue weighted by Gasteiger charge is 2.00. The molecule has 0 aliphatic carbocycles. The van der Waals surface area contributed by atoms with Crippen LogP contribution in [0.1, 0.15) is 5.56 Å². The van der Waals surface area contributed by atoms with Crippen LogP contribution in [0.15, 0.2) is 29.4 Å². The van der Waals surface area contributed by atoms with Gasteiger partial charge in [0.15, 0.2) is 0 Å². The molecule has 0 aliphatic heterocycles. The minimum atomic E-state index is -0.918. The molecule has 1 N–H and O–H groups in total. The molecule has 4 heteroatoms. The Labute approximate surface area is 68.8 Å². The number of nitrogens with zero attached hydrogens (tertiary/aromatic N) is 1. The van der Waals surface area contributed by atoms with Crippen molar-refractivity contribution in [3.8, 4) is 0 Å². The van der Waals surface area contributed by atoms with Gasteiger partial charge in [-0.25, -0.2) is 0 Å². The zero-order valence-electron chi connectivity index (χ0n) is 6.23. The Balaban J connectivity index is 2.86. The van der Waals surface area contributed by atoms with Crippen LogP contribution in [-0.4, -0.2) is 11.1 Å². The quantitative estimate of drug-likeness (QED) is 0.693. The molecule has 1 aromatic rings. The summed E-state index contributed by atoms with van der Waals surface area (Å²) < 4.78 is 0. The second-order valence-electron chi connectivity index (χ2n) is 2.33. The van der Waals surface area contributed by atoms with Gasteiger partial charge in [0.25, 0.3) is 0 Å². The summed E-state index contributed by atoms with van der Waals surface area (Å²) in [5, 5.41) is 11.1. The third-order valence-electron chi connectivity index (χ3n) is 1.37. The van der Waals surface area contributed by atoms with Gasteiger partial charge < -0.3 is 5.11 Å². The van der Waals surface area contributed by atoms with Crippen molar-refractivity contribution in [2.75, 3.05) is 0 Å². The van der Waals surface area contributed by atoms with E-state index in [9.17, 15) is 9.70 Å². The van der Waals surface area contributed by atoms with Crippen LogP contribution in [0.25, 0.3) is 0 Å². The van der Waals surface area contributed by atoms with Gasteiger partial charge in [-0.15, -0.1) is 4.91 Å². The molecule has 12 heavy (non-hydrogen) atoms. The highest BCUT2D eigenvalue weighted by Crippen LogP contribution is 2.13. The SMILES string of the molecule is O=Nc1cccc(CC(=O)O)c1. The van der Waals surface area contributed by atoms with Crippen LogP contribution in [0.3, 0.4) is 0 Å². The van der Waals surface area contributed by atoms with Crippen LogP contribution in [0.2, 0.25) is 0 Å². The molecule has 0 fully saturated rings. The van der Waals surface area contributed by atoms with Crippen LogP contribution < -0.4 is 0 Å². The lowest BCUT2D eigenvalue weighted by Gasteiger charge is -1.95. The average Bonchev–Trinajstić information content (AvgIpc) is 2.03. The van der Waals surface area contributed by atoms with E-state index in [1.54, 1.807) is 12.1 Å². The summed E-state index contributed by atoms with van der Waals surface area (Å²) in [5.41, 5.74) is 0.841. The molecule has 0 aromatic heterocycles. The first-order chi connectivity index (χ1) is 5.72. The van der Waals surface area contributed by atoms with E-state index in [0.717, 1.165) is 0 Å². The smallest absolute Gasteiger partial charge is 0.307 e. The topological polar surface area (TPSA) is 66.7 Å². The monoisotopic (exact) mass is 165 g/mol. The van der Waals surface area contributed by atoms with E-state index in [0.29, 0.717) is 5.56 Å². The van der Waals surface area contributed by atoms with E-state index in [2.05, 4.69) is 5.18 Å². The van der Waals surface area contributed by atoms with Crippen LogP contribution in [-0.2, 0) is 11.2 Å². The normalized spacial score (nSPS) is 9.33. The highest BCUT2D eigenvalue weighted by molar-refractivity contribution is 5.70. The Kier molecular flexibility index (Phi) is 2.53. The van der Waals surface area contributed by atoms with Crippen molar-refractivity contribution in [2.24, 2.45) is 5.18 Å². The lowest BCUT2D eigenvalue weighted by molar-refractivity contribution is -0.136. The van der Waals surface area contributed by atoms with Gasteiger partial charge in [0.05, 0.1) is 6.42 Å². The van der Waals surface area contributed by atoms with Crippen molar-refractivity contribution in [1.29, 1.82) is 0 Å². The molecule has 0 aliphatic rings. The minimum Gasteiger partial charge on any atom is -0.481 e. The predicted octanol–water partition coefficient (Wildman–Crippen LogP) is 1.71. The molecule has 0 saturated heterocycles. The summed E-state index contributed by atoms with van der Waals surface area (Å²) in [6.45, 7) is 0. The summed E-state index contributed by atoms with van der Waals surface area (Å²) in [5.74, 6) is -0.918. The zero-order chi connectivity index (χ0) is 8.97. The van der Waals surface area contributed by atoms with Crippen molar-refractivity contribution in [3.05, 3.63) is 34.7 Å². The summed E-state index contributed by atoms with van der Waals surface area (Å²) in [4.78, 5) is 20.3. The second kappa shape index (κ2) is 3.61. The van der Waals surface area contributed by atoms with Crippen LogP contribution >= 0.6 is 0 Å². The summed E-state index contributed by atoms with van der Waals surface area (Å²) in [6.07, 6.45) is -0.0800. The maximum Gasteiger partial charge on any atom is 0.307 e. The molecule has 0 unspecified atom stereocenters. The lowest BCUT2D eigenvalue weighted by Crippen LogP contribution is -1.99. The van der Waals surface area contributed by atoms with Crippen molar-refractivity contribution in [1.82, 2.24) is 0 Å². The maximum atomic E-state index is 10.3. The first kappa shape index (κ1) is 8.39. The summed E-state index contributed by atoms with van der Waals surface area (Å²) in [7, 11) is 0.